The molecule has 0 atom stereocenters. The van der Waals surface area contributed by atoms with Crippen LogP contribution in [0.15, 0.2) is 121 Å². The number of benzene rings is 2. The molecule has 0 saturated heterocycles. The summed E-state index contributed by atoms with van der Waals surface area (Å²) in [5.74, 6) is 0. The van der Waals surface area contributed by atoms with Gasteiger partial charge in [-0.3, -0.25) is 0 Å². The molecule has 5 aromatic heterocycles. The molecule has 8 rings (SSSR count). The fraction of sp³-hybridized carbons (Fsp3) is 0. The van der Waals surface area contributed by atoms with Gasteiger partial charge in [0.15, 0.2) is 27.1 Å². The molecule has 0 aliphatic carbocycles. The van der Waals surface area contributed by atoms with Crippen molar-refractivity contribution in [1.82, 2.24) is 34.8 Å². The molecule has 1 aliphatic rings. The van der Waals surface area contributed by atoms with Crippen molar-refractivity contribution in [2.45, 2.75) is 0 Å². The molecular formula is C34H20N7S2+. The third-order valence-corrected chi connectivity index (χ3v) is 8.84. The lowest BCUT2D eigenvalue weighted by atomic mass is 10.1. The molecule has 9 heteroatoms. The van der Waals surface area contributed by atoms with Gasteiger partial charge in [0.05, 0.1) is 23.1 Å². The number of hydrogen-bond acceptors (Lipinski definition) is 8. The first-order valence-corrected chi connectivity index (χ1v) is 15.2. The van der Waals surface area contributed by atoms with Crippen LogP contribution < -0.4 is 4.67 Å². The van der Waals surface area contributed by atoms with Gasteiger partial charge >= 0.3 is 10.1 Å². The first-order valence-electron chi connectivity index (χ1n) is 13.6. The Bertz CT molecular complexity index is 2210. The summed E-state index contributed by atoms with van der Waals surface area (Å²) >= 11 is 3.04. The lowest BCUT2D eigenvalue weighted by Gasteiger charge is -2.04. The molecule has 0 N–H and O–H groups in total. The summed E-state index contributed by atoms with van der Waals surface area (Å²) in [5.41, 5.74) is 7.73. The van der Waals surface area contributed by atoms with Crippen molar-refractivity contribution in [3.05, 3.63) is 133 Å². The van der Waals surface area contributed by atoms with Crippen LogP contribution in [0.4, 0.5) is 0 Å². The summed E-state index contributed by atoms with van der Waals surface area (Å²) in [4.78, 5) is 19.3. The van der Waals surface area contributed by atoms with Gasteiger partial charge in [0.1, 0.15) is 11.4 Å². The van der Waals surface area contributed by atoms with E-state index in [9.17, 15) is 0 Å². The van der Waals surface area contributed by atoms with Crippen LogP contribution in [0.3, 0.4) is 0 Å². The third kappa shape index (κ3) is 5.02. The number of pyridine rings is 4. The molecule has 0 bridgehead atoms. The smallest absolute Gasteiger partial charge is 0.245 e. The number of hydrogen-bond donors (Lipinski definition) is 0. The minimum Gasteiger partial charge on any atom is -0.245 e. The molecule has 43 heavy (non-hydrogen) atoms. The maximum Gasteiger partial charge on any atom is 0.399 e. The van der Waals surface area contributed by atoms with Crippen LogP contribution in [0.25, 0.3) is 55.0 Å². The molecule has 7 nitrogen and oxygen atoms in total. The molecule has 0 spiro atoms. The minimum atomic E-state index is 0.636. The Morgan fingerprint density at radius 3 is 1.51 bits per heavy atom. The Kier molecular flexibility index (Phi) is 6.38. The molecule has 0 amide bonds. The van der Waals surface area contributed by atoms with E-state index in [1.54, 1.807) is 11.8 Å². The zero-order chi connectivity index (χ0) is 28.6. The van der Waals surface area contributed by atoms with Gasteiger partial charge in [-0.05, 0) is 48.5 Å². The predicted molar refractivity (Wildman–Crippen MR) is 175 cm³/mol. The van der Waals surface area contributed by atoms with Crippen LogP contribution in [0.2, 0.25) is 0 Å². The quantitative estimate of drug-likeness (QED) is 0.194. The van der Waals surface area contributed by atoms with E-state index in [-0.39, 0.29) is 0 Å². The van der Waals surface area contributed by atoms with Crippen LogP contribution in [0, 0.1) is 0 Å². The largest absolute Gasteiger partial charge is 0.399 e. The van der Waals surface area contributed by atoms with Gasteiger partial charge in [-0.25, -0.2) is 19.9 Å². The van der Waals surface area contributed by atoms with Crippen LogP contribution >= 0.6 is 23.1 Å². The molecule has 0 radical (unpaired) electrons. The van der Waals surface area contributed by atoms with Gasteiger partial charge in [-0.15, -0.1) is 10.2 Å². The van der Waals surface area contributed by atoms with Gasteiger partial charge in [0.25, 0.3) is 0 Å². The highest BCUT2D eigenvalue weighted by molar-refractivity contribution is 8.28. The normalized spacial score (nSPS) is 12.5. The van der Waals surface area contributed by atoms with Crippen molar-refractivity contribution < 1.29 is 0 Å². The van der Waals surface area contributed by atoms with Crippen molar-refractivity contribution >= 4 is 44.2 Å². The van der Waals surface area contributed by atoms with Gasteiger partial charge < -0.3 is 0 Å². The number of fused-ring (bicyclic) bond motifs is 1. The van der Waals surface area contributed by atoms with E-state index in [0.717, 1.165) is 65.8 Å². The highest BCUT2D eigenvalue weighted by Gasteiger charge is 2.36. The summed E-state index contributed by atoms with van der Waals surface area (Å²) in [5, 5.41) is 13.0. The maximum atomic E-state index is 4.83. The van der Waals surface area contributed by atoms with E-state index < -0.39 is 0 Å². The second-order valence-electron chi connectivity index (χ2n) is 9.72. The van der Waals surface area contributed by atoms with E-state index in [4.69, 9.17) is 24.6 Å². The fourth-order valence-electron chi connectivity index (χ4n) is 4.72. The maximum absolute atomic E-state index is 4.83. The van der Waals surface area contributed by atoms with E-state index in [1.807, 2.05) is 109 Å². The van der Waals surface area contributed by atoms with Crippen molar-refractivity contribution in [2.24, 2.45) is 0 Å². The average molecular weight is 591 g/mol. The second-order valence-corrected chi connectivity index (χ2v) is 11.7. The van der Waals surface area contributed by atoms with E-state index in [1.165, 1.54) is 11.3 Å². The van der Waals surface area contributed by atoms with Gasteiger partial charge in [0, 0.05) is 16.5 Å². The Morgan fingerprint density at radius 1 is 0.419 bits per heavy atom. The lowest BCUT2D eigenvalue weighted by Crippen LogP contribution is -2.21. The zero-order valence-corrected chi connectivity index (χ0v) is 24.1. The summed E-state index contributed by atoms with van der Waals surface area (Å²) in [7, 11) is 0. The van der Waals surface area contributed by atoms with E-state index in [0.29, 0.717) is 10.7 Å². The van der Waals surface area contributed by atoms with Gasteiger partial charge in [-0.2, -0.15) is 0 Å². The first-order chi connectivity index (χ1) is 21.3. The summed E-state index contributed by atoms with van der Waals surface area (Å²) in [6, 6.07) is 40.2. The Balaban J connectivity index is 1.07. The summed E-state index contributed by atoms with van der Waals surface area (Å²) in [6.45, 7) is 0. The van der Waals surface area contributed by atoms with Crippen LogP contribution in [-0.2, 0) is 0 Å². The third-order valence-electron chi connectivity index (χ3n) is 6.89. The van der Waals surface area contributed by atoms with Crippen LogP contribution in [-0.4, -0.2) is 40.2 Å². The topological polar surface area (TPSA) is 91.4 Å². The highest BCUT2D eigenvalue weighted by atomic mass is 32.2. The zero-order valence-electron chi connectivity index (χ0n) is 22.5. The number of rotatable bonds is 6. The molecule has 0 fully saturated rings. The molecule has 6 heterocycles. The SMILES string of the molecule is c1ccc(-c2cccc(C3=[N+]=C(c4ccc5ccc(-c6nnc(-c7cccc(-c8ccccc8)n7)s6)nc5n4)S3)n2)cc1. The molecule has 1 aliphatic heterocycles. The number of aromatic nitrogens is 6. The van der Waals surface area contributed by atoms with Gasteiger partial charge in [-0.1, -0.05) is 88.8 Å². The number of thioether (sulfide) groups is 1. The lowest BCUT2D eigenvalue weighted by molar-refractivity contribution is 1.08. The van der Waals surface area contributed by atoms with E-state index >= 15 is 0 Å². The number of nitrogens with zero attached hydrogens (tertiary/aromatic N) is 7. The standard InChI is InChI=1S/C34H20N7S2/c1-3-9-21(10-4-1)24-13-7-15-26(35-24)31-39-32(42-31)28-19-17-23-18-20-29(38-30(23)37-28)34-41-40-33(43-34)27-16-8-14-25(36-27)22-11-5-2-6-12-22/h1-20H/q+1. The summed E-state index contributed by atoms with van der Waals surface area (Å²) < 4.78 is 4.77. The monoisotopic (exact) mass is 590 g/mol. The molecular weight excluding hydrogens is 571 g/mol. The van der Waals surface area contributed by atoms with Crippen molar-refractivity contribution in [1.29, 1.82) is 0 Å². The second kappa shape index (κ2) is 10.8. The van der Waals surface area contributed by atoms with Crippen molar-refractivity contribution in [3.63, 3.8) is 0 Å². The summed E-state index contributed by atoms with van der Waals surface area (Å²) in [6.07, 6.45) is 0. The highest BCUT2D eigenvalue weighted by Crippen LogP contribution is 2.31. The predicted octanol–water partition coefficient (Wildman–Crippen LogP) is 6.95. The molecule has 7 aromatic rings. The molecule has 202 valence electrons. The van der Waals surface area contributed by atoms with Crippen LogP contribution in [0.5, 0.6) is 0 Å². The Hall–Kier alpha value is -5.34. The Morgan fingerprint density at radius 2 is 0.884 bits per heavy atom. The van der Waals surface area contributed by atoms with Gasteiger partial charge in [0.2, 0.25) is 0 Å². The molecule has 0 saturated carbocycles. The fourth-order valence-corrected chi connectivity index (χ4v) is 6.27. The van der Waals surface area contributed by atoms with Crippen molar-refractivity contribution in [2.75, 3.05) is 0 Å². The first kappa shape index (κ1) is 25.4. The van der Waals surface area contributed by atoms with Crippen LogP contribution in [0.1, 0.15) is 11.4 Å². The molecule has 0 unspecified atom stereocenters. The Labute approximate surface area is 254 Å². The minimum absolute atomic E-state index is 0.636. The van der Waals surface area contributed by atoms with Crippen molar-refractivity contribution in [3.8, 4) is 43.9 Å². The average Bonchev–Trinajstić information content (AvgIpc) is 3.56. The van der Waals surface area contributed by atoms with E-state index in [2.05, 4.69) is 22.3 Å². The molecule has 2 aromatic carbocycles.